The third kappa shape index (κ3) is 6.27. The minimum atomic E-state index is -1.92. The molecule has 0 aliphatic carbocycles. The number of alkyl halides is 1. The Balaban J connectivity index is 0.00000342. The summed E-state index contributed by atoms with van der Waals surface area (Å²) in [6.45, 7) is 1.89. The van der Waals surface area contributed by atoms with Crippen LogP contribution in [-0.2, 0) is 19.1 Å². The number of urea groups is 1. The maximum Gasteiger partial charge on any atom is 0.331 e. The van der Waals surface area contributed by atoms with Gasteiger partial charge in [0.1, 0.15) is 29.8 Å². The molecule has 35 heavy (non-hydrogen) atoms. The molecule has 3 fully saturated rings. The summed E-state index contributed by atoms with van der Waals surface area (Å²) in [5.74, 6) is -3.45. The van der Waals surface area contributed by atoms with E-state index in [2.05, 4.69) is 5.32 Å². The zero-order valence-electron chi connectivity index (χ0n) is 19.1. The Hall–Kier alpha value is -2.34. The van der Waals surface area contributed by atoms with Crippen molar-refractivity contribution in [1.29, 1.82) is 0 Å². The van der Waals surface area contributed by atoms with Crippen LogP contribution >= 0.6 is 12.4 Å². The summed E-state index contributed by atoms with van der Waals surface area (Å²) >= 11 is 0. The molecule has 3 saturated heterocycles. The number of hydrogen-bond acceptors (Lipinski definition) is 7. The molecular weight excluding hydrogens is 488 g/mol. The van der Waals surface area contributed by atoms with Gasteiger partial charge < -0.3 is 19.9 Å². The number of amides is 4. The van der Waals surface area contributed by atoms with Gasteiger partial charge in [0.25, 0.3) is 0 Å². The van der Waals surface area contributed by atoms with E-state index in [4.69, 9.17) is 19.9 Å². The van der Waals surface area contributed by atoms with Crippen molar-refractivity contribution in [2.75, 3.05) is 26.4 Å². The van der Waals surface area contributed by atoms with Crippen LogP contribution in [0.1, 0.15) is 43.7 Å². The number of rotatable bonds is 7. The largest absolute Gasteiger partial charge is 0.490 e. The quantitative estimate of drug-likeness (QED) is 0.533. The number of halogens is 3. The summed E-state index contributed by atoms with van der Waals surface area (Å²) in [6, 6.07) is 1.27. The van der Waals surface area contributed by atoms with E-state index in [0.717, 1.165) is 11.0 Å². The average Bonchev–Trinajstić information content (AvgIpc) is 2.83. The Kier molecular flexibility index (Phi) is 9.40. The highest BCUT2D eigenvalue weighted by atomic mass is 35.5. The highest BCUT2D eigenvalue weighted by molar-refractivity contribution is 6.16. The second kappa shape index (κ2) is 12.1. The van der Waals surface area contributed by atoms with E-state index in [1.165, 1.54) is 12.1 Å². The average molecular weight is 518 g/mol. The molecule has 9 nitrogen and oxygen atoms in total. The maximum atomic E-state index is 15.2. The van der Waals surface area contributed by atoms with Gasteiger partial charge in [-0.05, 0) is 31.0 Å². The summed E-state index contributed by atoms with van der Waals surface area (Å²) in [6.07, 6.45) is -0.354. The van der Waals surface area contributed by atoms with Crippen LogP contribution in [0.3, 0.4) is 0 Å². The van der Waals surface area contributed by atoms with Crippen molar-refractivity contribution in [2.24, 2.45) is 11.7 Å². The maximum absolute atomic E-state index is 15.2. The van der Waals surface area contributed by atoms with Gasteiger partial charge in [0, 0.05) is 44.1 Å². The van der Waals surface area contributed by atoms with E-state index in [1.54, 1.807) is 0 Å². The first-order valence-corrected chi connectivity index (χ1v) is 11.5. The molecular formula is C23H30ClF2N3O6. The number of carbonyl (C=O) groups excluding carboxylic acids is 3. The molecule has 3 unspecified atom stereocenters. The molecule has 1 aromatic rings. The van der Waals surface area contributed by atoms with Crippen LogP contribution in [0.5, 0.6) is 5.75 Å². The van der Waals surface area contributed by atoms with Crippen LogP contribution in [-0.4, -0.2) is 67.5 Å². The monoisotopic (exact) mass is 517 g/mol. The van der Waals surface area contributed by atoms with E-state index in [9.17, 15) is 18.8 Å². The zero-order valence-corrected chi connectivity index (χ0v) is 19.9. The lowest BCUT2D eigenvalue weighted by Gasteiger charge is -2.37. The van der Waals surface area contributed by atoms with E-state index in [-0.39, 0.29) is 24.1 Å². The van der Waals surface area contributed by atoms with Crippen LogP contribution in [0, 0.1) is 11.7 Å². The Morgan fingerprint density at radius 1 is 1.09 bits per heavy atom. The number of imide groups is 2. The fourth-order valence-electron chi connectivity index (χ4n) is 4.53. The topological polar surface area (TPSA) is 120 Å². The molecule has 0 saturated carbocycles. The van der Waals surface area contributed by atoms with Gasteiger partial charge in [-0.15, -0.1) is 12.4 Å². The molecule has 0 bridgehead atoms. The van der Waals surface area contributed by atoms with Gasteiger partial charge in [0.15, 0.2) is 0 Å². The molecule has 0 aromatic heterocycles. The number of carbonyl (C=O) groups is 3. The molecule has 3 aliphatic heterocycles. The third-order valence-electron chi connectivity index (χ3n) is 6.51. The van der Waals surface area contributed by atoms with Gasteiger partial charge in [-0.25, -0.2) is 13.6 Å². The summed E-state index contributed by atoms with van der Waals surface area (Å²) in [7, 11) is 0. The van der Waals surface area contributed by atoms with E-state index in [0.29, 0.717) is 57.9 Å². The molecule has 4 amide bonds. The highest BCUT2D eigenvalue weighted by Crippen LogP contribution is 2.31. The van der Waals surface area contributed by atoms with E-state index >= 15 is 4.39 Å². The molecule has 4 rings (SSSR count). The Morgan fingerprint density at radius 3 is 2.37 bits per heavy atom. The van der Waals surface area contributed by atoms with Crippen LogP contribution < -0.4 is 15.8 Å². The first kappa shape index (κ1) is 27.3. The number of barbiturate groups is 1. The van der Waals surface area contributed by atoms with Crippen molar-refractivity contribution in [3.63, 3.8) is 0 Å². The molecule has 3 atom stereocenters. The number of nitrogens with one attached hydrogen (secondary N) is 1. The van der Waals surface area contributed by atoms with Crippen molar-refractivity contribution in [3.8, 4) is 5.75 Å². The lowest BCUT2D eigenvalue weighted by Crippen LogP contribution is -2.62. The normalized spacial score (nSPS) is 23.9. The van der Waals surface area contributed by atoms with E-state index in [1.807, 2.05) is 0 Å². The fraction of sp³-hybridized carbons (Fsp3) is 0.609. The van der Waals surface area contributed by atoms with Crippen molar-refractivity contribution in [2.45, 2.75) is 56.5 Å². The van der Waals surface area contributed by atoms with E-state index < -0.39 is 54.3 Å². The lowest BCUT2D eigenvalue weighted by atomic mass is 9.91. The minimum Gasteiger partial charge on any atom is -0.490 e. The lowest BCUT2D eigenvalue weighted by molar-refractivity contribution is -0.146. The van der Waals surface area contributed by atoms with Gasteiger partial charge >= 0.3 is 6.03 Å². The van der Waals surface area contributed by atoms with Crippen LogP contribution in [0.2, 0.25) is 0 Å². The summed E-state index contributed by atoms with van der Waals surface area (Å²) in [5.41, 5.74) is 5.91. The molecule has 194 valence electrons. The summed E-state index contributed by atoms with van der Waals surface area (Å²) in [5, 5.41) is 2.13. The molecule has 12 heteroatoms. The number of ether oxygens (including phenoxy) is 3. The Bertz CT molecular complexity index is 927. The molecule has 3 N–H and O–H groups in total. The van der Waals surface area contributed by atoms with Gasteiger partial charge in [0.2, 0.25) is 11.8 Å². The first-order chi connectivity index (χ1) is 16.3. The Morgan fingerprint density at radius 2 is 1.71 bits per heavy atom. The van der Waals surface area contributed by atoms with Crippen molar-refractivity contribution < 1.29 is 37.4 Å². The van der Waals surface area contributed by atoms with Crippen LogP contribution in [0.4, 0.5) is 13.6 Å². The molecule has 1 aromatic carbocycles. The number of nitrogens with two attached hydrogens (primary N) is 1. The Labute approximate surface area is 208 Å². The number of hydrogen-bond donors (Lipinski definition) is 2. The van der Waals surface area contributed by atoms with Gasteiger partial charge in [0.05, 0.1) is 19.3 Å². The highest BCUT2D eigenvalue weighted by Gasteiger charge is 2.45. The third-order valence-corrected chi connectivity index (χ3v) is 6.51. The first-order valence-electron chi connectivity index (χ1n) is 11.5. The minimum absolute atomic E-state index is 0. The second-order valence-corrected chi connectivity index (χ2v) is 8.79. The van der Waals surface area contributed by atoms with Crippen LogP contribution in [0.15, 0.2) is 18.2 Å². The smallest absolute Gasteiger partial charge is 0.331 e. The van der Waals surface area contributed by atoms with Crippen molar-refractivity contribution in [1.82, 2.24) is 10.2 Å². The predicted molar refractivity (Wildman–Crippen MR) is 122 cm³/mol. The summed E-state index contributed by atoms with van der Waals surface area (Å²) < 4.78 is 46.2. The molecule has 3 heterocycles. The second-order valence-electron chi connectivity index (χ2n) is 8.79. The van der Waals surface area contributed by atoms with Gasteiger partial charge in [-0.2, -0.15) is 0 Å². The molecule has 0 spiro atoms. The van der Waals surface area contributed by atoms with Crippen molar-refractivity contribution in [3.05, 3.63) is 29.6 Å². The van der Waals surface area contributed by atoms with Gasteiger partial charge in [-0.1, -0.05) is 0 Å². The van der Waals surface area contributed by atoms with Crippen molar-refractivity contribution >= 4 is 30.3 Å². The number of nitrogens with zero attached hydrogens (tertiary/aromatic N) is 1. The van der Waals surface area contributed by atoms with Gasteiger partial charge in [-0.3, -0.25) is 19.8 Å². The van der Waals surface area contributed by atoms with Crippen LogP contribution in [0.25, 0.3) is 0 Å². The molecule has 0 radical (unpaired) electrons. The summed E-state index contributed by atoms with van der Waals surface area (Å²) in [4.78, 5) is 38.6. The fourth-order valence-corrected chi connectivity index (χ4v) is 4.53. The molecule has 3 aliphatic rings. The SMILES string of the molecule is Cl.NC(c1cc(OC2CCOCC2)ccc1F)C(F)CC1C(=O)NC(=O)N(C2CCOCC2)C1=O. The zero-order chi connectivity index (χ0) is 24.2. The number of benzene rings is 1. The predicted octanol–water partition coefficient (Wildman–Crippen LogP) is 2.41. The standard InChI is InChI=1S/C23H29F2N3O6.ClH/c24-18-2-1-15(34-14-5-9-33-10-6-14)11-16(18)20(26)19(25)12-17-21(29)27-23(31)28(22(17)30)13-3-7-32-8-4-13;/h1-2,11,13-14,17,19-20H,3-10,12,26H2,(H,27,29,31);1H.